The fraction of sp³-hybridized carbons (Fsp3) is 0.636. The molecule has 0 spiro atoms. The Morgan fingerprint density at radius 3 is 2.62 bits per heavy atom. The van der Waals surface area contributed by atoms with Crippen molar-refractivity contribution in [2.75, 3.05) is 30.7 Å². The average Bonchev–Trinajstić information content (AvgIpc) is 2.34. The molecule has 1 aromatic heterocycles. The molecule has 3 aliphatic rings. The normalized spacial score (nSPS) is 32.6. The topological polar surface area (TPSA) is 67.1 Å². The molecule has 3 fully saturated rings. The number of hydrogen-bond acceptors (Lipinski definition) is 5. The number of nitrogen functional groups attached to an aromatic ring is 1. The molecule has 0 amide bonds. The van der Waals surface area contributed by atoms with Crippen LogP contribution in [-0.4, -0.2) is 40.5 Å². The highest BCUT2D eigenvalue weighted by atomic mass is 15.2. The average molecular weight is 219 g/mol. The molecule has 16 heavy (non-hydrogen) atoms. The van der Waals surface area contributed by atoms with Crippen LogP contribution in [0.2, 0.25) is 0 Å². The van der Waals surface area contributed by atoms with Crippen molar-refractivity contribution in [1.82, 2.24) is 14.9 Å². The third-order valence-electron chi connectivity index (χ3n) is 3.66. The molecule has 4 rings (SSSR count). The van der Waals surface area contributed by atoms with Crippen molar-refractivity contribution in [3.8, 4) is 0 Å². The summed E-state index contributed by atoms with van der Waals surface area (Å²) in [6.07, 6.45) is 5.93. The first-order chi connectivity index (χ1) is 7.81. The number of fused-ring (bicyclic) bond motifs is 3. The molecule has 3 N–H and O–H groups in total. The first-order valence-electron chi connectivity index (χ1n) is 5.88. The molecule has 1 aromatic rings. The van der Waals surface area contributed by atoms with Crippen molar-refractivity contribution >= 4 is 11.6 Å². The Kier molecular flexibility index (Phi) is 2.40. The van der Waals surface area contributed by atoms with E-state index in [0.29, 0.717) is 11.9 Å². The Morgan fingerprint density at radius 2 is 2.06 bits per heavy atom. The second-order valence-corrected chi connectivity index (χ2v) is 4.72. The van der Waals surface area contributed by atoms with Crippen LogP contribution in [0, 0.1) is 5.92 Å². The van der Waals surface area contributed by atoms with Crippen LogP contribution in [0.25, 0.3) is 0 Å². The number of aromatic nitrogens is 2. The number of hydrogen-bond donors (Lipinski definition) is 2. The van der Waals surface area contributed by atoms with Crippen molar-refractivity contribution in [1.29, 1.82) is 0 Å². The second kappa shape index (κ2) is 3.90. The predicted octanol–water partition coefficient (Wildman–Crippen LogP) is 0.565. The van der Waals surface area contributed by atoms with Crippen LogP contribution >= 0.6 is 0 Å². The van der Waals surface area contributed by atoms with Crippen LogP contribution < -0.4 is 11.1 Å². The molecule has 2 bridgehead atoms. The van der Waals surface area contributed by atoms with Gasteiger partial charge in [0, 0.05) is 12.6 Å². The monoisotopic (exact) mass is 219 g/mol. The fourth-order valence-corrected chi connectivity index (χ4v) is 2.73. The summed E-state index contributed by atoms with van der Waals surface area (Å²) in [5.41, 5.74) is 5.51. The van der Waals surface area contributed by atoms with Crippen molar-refractivity contribution in [2.24, 2.45) is 5.92 Å². The third kappa shape index (κ3) is 1.82. The maximum atomic E-state index is 5.51. The molecule has 0 aromatic carbocycles. The first kappa shape index (κ1) is 9.84. The maximum absolute atomic E-state index is 5.51. The first-order valence-corrected chi connectivity index (χ1v) is 5.88. The zero-order chi connectivity index (χ0) is 11.0. The van der Waals surface area contributed by atoms with Crippen LogP contribution in [0.3, 0.4) is 0 Å². The molecule has 86 valence electrons. The molecule has 1 unspecified atom stereocenters. The van der Waals surface area contributed by atoms with Crippen LogP contribution in [0.4, 0.5) is 11.6 Å². The summed E-state index contributed by atoms with van der Waals surface area (Å²) in [5, 5.41) is 3.47. The molecule has 0 aliphatic carbocycles. The summed E-state index contributed by atoms with van der Waals surface area (Å²) < 4.78 is 0. The van der Waals surface area contributed by atoms with Crippen LogP contribution in [0.1, 0.15) is 12.8 Å². The second-order valence-electron chi connectivity index (χ2n) is 4.72. The lowest BCUT2D eigenvalue weighted by Gasteiger charge is -2.45. The number of anilines is 2. The molecule has 0 radical (unpaired) electrons. The van der Waals surface area contributed by atoms with E-state index < -0.39 is 0 Å². The van der Waals surface area contributed by atoms with Gasteiger partial charge in [0.2, 0.25) is 0 Å². The van der Waals surface area contributed by atoms with Crippen molar-refractivity contribution in [2.45, 2.75) is 18.9 Å². The Morgan fingerprint density at radius 1 is 1.25 bits per heavy atom. The SMILES string of the molecule is Nc1cnc(NC2CN3CCC2CC3)cn1. The standard InChI is InChI=1S/C11H17N5/c12-10-5-14-11(6-13-10)15-9-7-16-3-1-8(9)2-4-16/h5-6,8-9H,1-4,7H2,(H2,12,13)(H,14,15). The van der Waals surface area contributed by atoms with E-state index in [1.165, 1.54) is 25.9 Å². The van der Waals surface area contributed by atoms with Crippen molar-refractivity contribution in [3.63, 3.8) is 0 Å². The summed E-state index contributed by atoms with van der Waals surface area (Å²) in [5.74, 6) is 2.11. The largest absolute Gasteiger partial charge is 0.382 e. The van der Waals surface area contributed by atoms with Gasteiger partial charge in [-0.05, 0) is 31.8 Å². The lowest BCUT2D eigenvalue weighted by atomic mass is 9.84. The number of piperidine rings is 3. The van der Waals surface area contributed by atoms with Crippen molar-refractivity contribution < 1.29 is 0 Å². The molecular weight excluding hydrogens is 202 g/mol. The predicted molar refractivity (Wildman–Crippen MR) is 63.0 cm³/mol. The minimum atomic E-state index is 0.472. The van der Waals surface area contributed by atoms with Gasteiger partial charge in [-0.25, -0.2) is 9.97 Å². The molecular formula is C11H17N5. The summed E-state index contributed by atoms with van der Waals surface area (Å²) >= 11 is 0. The zero-order valence-electron chi connectivity index (χ0n) is 9.26. The minimum absolute atomic E-state index is 0.472. The molecule has 5 nitrogen and oxygen atoms in total. The van der Waals surface area contributed by atoms with Gasteiger partial charge >= 0.3 is 0 Å². The van der Waals surface area contributed by atoms with Crippen LogP contribution in [0.5, 0.6) is 0 Å². The zero-order valence-corrected chi connectivity index (χ0v) is 9.26. The third-order valence-corrected chi connectivity index (χ3v) is 3.66. The molecule has 3 aliphatic heterocycles. The van der Waals surface area contributed by atoms with Gasteiger partial charge < -0.3 is 16.0 Å². The van der Waals surface area contributed by atoms with E-state index in [2.05, 4.69) is 20.2 Å². The Hall–Kier alpha value is -1.36. The van der Waals surface area contributed by atoms with E-state index in [-0.39, 0.29) is 0 Å². The lowest BCUT2D eigenvalue weighted by molar-refractivity contribution is 0.0973. The highest BCUT2D eigenvalue weighted by Crippen LogP contribution is 2.29. The van der Waals surface area contributed by atoms with E-state index in [9.17, 15) is 0 Å². The smallest absolute Gasteiger partial charge is 0.144 e. The number of nitrogens with two attached hydrogens (primary N) is 1. The minimum Gasteiger partial charge on any atom is -0.382 e. The summed E-state index contributed by atoms with van der Waals surface area (Å²) in [6, 6.07) is 0.528. The van der Waals surface area contributed by atoms with Gasteiger partial charge in [0.25, 0.3) is 0 Å². The van der Waals surface area contributed by atoms with E-state index >= 15 is 0 Å². The highest BCUT2D eigenvalue weighted by Gasteiger charge is 2.34. The Balaban J connectivity index is 1.68. The molecule has 5 heteroatoms. The number of nitrogens with zero attached hydrogens (tertiary/aromatic N) is 3. The fourth-order valence-electron chi connectivity index (χ4n) is 2.73. The molecule has 0 saturated carbocycles. The van der Waals surface area contributed by atoms with Gasteiger partial charge in [-0.2, -0.15) is 0 Å². The lowest BCUT2D eigenvalue weighted by Crippen LogP contribution is -2.53. The van der Waals surface area contributed by atoms with E-state index in [0.717, 1.165) is 18.3 Å². The number of rotatable bonds is 2. The highest BCUT2D eigenvalue weighted by molar-refractivity contribution is 5.37. The van der Waals surface area contributed by atoms with E-state index in [1.54, 1.807) is 12.4 Å². The van der Waals surface area contributed by atoms with Gasteiger partial charge in [0.15, 0.2) is 0 Å². The summed E-state index contributed by atoms with van der Waals surface area (Å²) in [6.45, 7) is 3.66. The maximum Gasteiger partial charge on any atom is 0.144 e. The quantitative estimate of drug-likeness (QED) is 0.761. The Bertz CT molecular complexity index is 355. The van der Waals surface area contributed by atoms with Crippen LogP contribution in [-0.2, 0) is 0 Å². The number of nitrogens with one attached hydrogen (secondary N) is 1. The van der Waals surface area contributed by atoms with Gasteiger partial charge in [-0.1, -0.05) is 0 Å². The van der Waals surface area contributed by atoms with E-state index in [4.69, 9.17) is 5.73 Å². The van der Waals surface area contributed by atoms with Gasteiger partial charge in [0.05, 0.1) is 12.4 Å². The molecule has 3 saturated heterocycles. The van der Waals surface area contributed by atoms with Gasteiger partial charge in [-0.3, -0.25) is 0 Å². The Labute approximate surface area is 95.1 Å². The van der Waals surface area contributed by atoms with Crippen molar-refractivity contribution in [3.05, 3.63) is 12.4 Å². The molecule has 1 atom stereocenters. The van der Waals surface area contributed by atoms with Gasteiger partial charge in [0.1, 0.15) is 11.6 Å². The van der Waals surface area contributed by atoms with E-state index in [1.807, 2.05) is 0 Å². The summed E-state index contributed by atoms with van der Waals surface area (Å²) in [4.78, 5) is 10.8. The van der Waals surface area contributed by atoms with Crippen LogP contribution in [0.15, 0.2) is 12.4 Å². The van der Waals surface area contributed by atoms with Gasteiger partial charge in [-0.15, -0.1) is 0 Å². The molecule has 4 heterocycles. The summed E-state index contributed by atoms with van der Waals surface area (Å²) in [7, 11) is 0.